The van der Waals surface area contributed by atoms with E-state index in [0.29, 0.717) is 6.54 Å². The molecule has 8 heteroatoms. The Balaban J connectivity index is 2.41. The van der Waals surface area contributed by atoms with Crippen molar-refractivity contribution in [2.45, 2.75) is 13.8 Å². The third-order valence-corrected chi connectivity index (χ3v) is 3.66. The fourth-order valence-corrected chi connectivity index (χ4v) is 2.05. The summed E-state index contributed by atoms with van der Waals surface area (Å²) in [6, 6.07) is 5.56. The van der Waals surface area contributed by atoms with Crippen LogP contribution in [0.25, 0.3) is 0 Å². The van der Waals surface area contributed by atoms with Gasteiger partial charge < -0.3 is 10.6 Å². The Bertz CT molecular complexity index is 678. The van der Waals surface area contributed by atoms with Crippen LogP contribution >= 0.6 is 15.9 Å². The van der Waals surface area contributed by atoms with Crippen LogP contribution < -0.4 is 10.6 Å². The molecule has 0 bridgehead atoms. The Kier molecular flexibility index (Phi) is 4.69. The van der Waals surface area contributed by atoms with Crippen molar-refractivity contribution in [3.63, 3.8) is 0 Å². The molecule has 1 aromatic heterocycles. The maximum atomic E-state index is 11.3. The van der Waals surface area contributed by atoms with Gasteiger partial charge >= 0.3 is 5.69 Å². The zero-order valence-corrected chi connectivity index (χ0v) is 13.1. The molecule has 110 valence electrons. The summed E-state index contributed by atoms with van der Waals surface area (Å²) in [5, 5.41) is 17.1. The van der Waals surface area contributed by atoms with Gasteiger partial charge in [-0.3, -0.25) is 10.1 Å². The number of nitrogens with one attached hydrogen (secondary N) is 2. The third-order valence-electron chi connectivity index (χ3n) is 2.77. The number of hydrogen-bond donors (Lipinski definition) is 2. The number of rotatable bonds is 5. The molecule has 1 heterocycles. The van der Waals surface area contributed by atoms with Crippen LogP contribution in [-0.2, 0) is 0 Å². The van der Waals surface area contributed by atoms with E-state index >= 15 is 0 Å². The average Bonchev–Trinajstić information content (AvgIpc) is 2.43. The van der Waals surface area contributed by atoms with Crippen LogP contribution in [0.1, 0.15) is 12.5 Å². The SMILES string of the molecule is CCNc1ncnc(Nc2ccc(Br)c(C)c2)c1[N+](=O)[O-]. The zero-order valence-electron chi connectivity index (χ0n) is 11.6. The third kappa shape index (κ3) is 3.46. The molecule has 0 amide bonds. The summed E-state index contributed by atoms with van der Waals surface area (Å²) in [4.78, 5) is 18.7. The fourth-order valence-electron chi connectivity index (χ4n) is 1.80. The maximum absolute atomic E-state index is 11.3. The summed E-state index contributed by atoms with van der Waals surface area (Å²) in [5.74, 6) is 0.363. The lowest BCUT2D eigenvalue weighted by atomic mass is 10.2. The van der Waals surface area contributed by atoms with E-state index in [-0.39, 0.29) is 17.3 Å². The van der Waals surface area contributed by atoms with Crippen molar-refractivity contribution >= 4 is 38.9 Å². The molecule has 2 rings (SSSR count). The summed E-state index contributed by atoms with van der Waals surface area (Å²) >= 11 is 3.41. The van der Waals surface area contributed by atoms with Crippen LogP contribution in [0.4, 0.5) is 23.0 Å². The topological polar surface area (TPSA) is 93.0 Å². The van der Waals surface area contributed by atoms with Crippen molar-refractivity contribution in [2.24, 2.45) is 0 Å². The second kappa shape index (κ2) is 6.49. The number of benzene rings is 1. The molecule has 0 aliphatic heterocycles. The molecule has 0 unspecified atom stereocenters. The number of aryl methyl sites for hydroxylation is 1. The van der Waals surface area contributed by atoms with E-state index in [4.69, 9.17) is 0 Å². The number of hydrogen-bond acceptors (Lipinski definition) is 6. The molecule has 0 spiro atoms. The molecular weight excluding hydrogens is 338 g/mol. The summed E-state index contributed by atoms with van der Waals surface area (Å²) in [5.41, 5.74) is 1.57. The van der Waals surface area contributed by atoms with Gasteiger partial charge in [0.05, 0.1) is 4.92 Å². The Morgan fingerprint density at radius 2 is 2.05 bits per heavy atom. The van der Waals surface area contributed by atoms with Gasteiger partial charge in [-0.15, -0.1) is 0 Å². The second-order valence-corrected chi connectivity index (χ2v) is 5.15. The molecule has 0 aliphatic rings. The quantitative estimate of drug-likeness (QED) is 0.631. The minimum atomic E-state index is -0.494. The van der Waals surface area contributed by atoms with E-state index in [9.17, 15) is 10.1 Å². The van der Waals surface area contributed by atoms with Crippen molar-refractivity contribution in [1.29, 1.82) is 0 Å². The van der Waals surface area contributed by atoms with E-state index in [1.165, 1.54) is 6.33 Å². The second-order valence-electron chi connectivity index (χ2n) is 4.30. The van der Waals surface area contributed by atoms with E-state index in [2.05, 4.69) is 36.5 Å². The molecule has 2 aromatic rings. The molecule has 0 atom stereocenters. The summed E-state index contributed by atoms with van der Waals surface area (Å²) in [7, 11) is 0. The number of anilines is 3. The van der Waals surface area contributed by atoms with Crippen molar-refractivity contribution < 1.29 is 4.92 Å². The highest BCUT2D eigenvalue weighted by Crippen LogP contribution is 2.31. The highest BCUT2D eigenvalue weighted by Gasteiger charge is 2.22. The minimum Gasteiger partial charge on any atom is -0.364 e. The average molecular weight is 352 g/mol. The molecule has 1 aromatic carbocycles. The van der Waals surface area contributed by atoms with Crippen molar-refractivity contribution in [2.75, 3.05) is 17.2 Å². The van der Waals surface area contributed by atoms with Crippen molar-refractivity contribution in [1.82, 2.24) is 9.97 Å². The standard InChI is InChI=1S/C13H14BrN5O2/c1-3-15-12-11(19(20)21)13(17-7-16-12)18-9-4-5-10(14)8(2)6-9/h4-7H,3H2,1-2H3,(H2,15,16,17,18). The van der Waals surface area contributed by atoms with Crippen LogP contribution in [0.15, 0.2) is 29.0 Å². The predicted molar refractivity (Wildman–Crippen MR) is 85.0 cm³/mol. The molecule has 2 N–H and O–H groups in total. The van der Waals surface area contributed by atoms with Gasteiger partial charge in [0.1, 0.15) is 6.33 Å². The summed E-state index contributed by atoms with van der Waals surface area (Å²) in [6.45, 7) is 4.32. The molecule has 0 radical (unpaired) electrons. The number of nitrogens with zero attached hydrogens (tertiary/aromatic N) is 3. The van der Waals surface area contributed by atoms with E-state index in [1.54, 1.807) is 0 Å². The van der Waals surface area contributed by atoms with Crippen LogP contribution in [-0.4, -0.2) is 21.4 Å². The fraction of sp³-hybridized carbons (Fsp3) is 0.231. The molecule has 0 fully saturated rings. The Morgan fingerprint density at radius 1 is 1.33 bits per heavy atom. The Morgan fingerprint density at radius 3 is 2.67 bits per heavy atom. The highest BCUT2D eigenvalue weighted by molar-refractivity contribution is 9.10. The first kappa shape index (κ1) is 15.2. The lowest BCUT2D eigenvalue weighted by molar-refractivity contribution is -0.383. The largest absolute Gasteiger partial charge is 0.364 e. The van der Waals surface area contributed by atoms with E-state index in [1.807, 2.05) is 32.0 Å². The first-order valence-corrected chi connectivity index (χ1v) is 7.08. The highest BCUT2D eigenvalue weighted by atomic mass is 79.9. The summed E-state index contributed by atoms with van der Waals surface area (Å²) in [6.07, 6.45) is 1.29. The Labute approximate surface area is 130 Å². The Hall–Kier alpha value is -2.22. The van der Waals surface area contributed by atoms with Gasteiger partial charge in [0.25, 0.3) is 0 Å². The molecular formula is C13H14BrN5O2. The van der Waals surface area contributed by atoms with Gasteiger partial charge in [0.15, 0.2) is 0 Å². The van der Waals surface area contributed by atoms with Crippen molar-refractivity contribution in [3.8, 4) is 0 Å². The minimum absolute atomic E-state index is 0.160. The van der Waals surface area contributed by atoms with Crippen LogP contribution in [0.5, 0.6) is 0 Å². The lowest BCUT2D eigenvalue weighted by Crippen LogP contribution is -2.07. The van der Waals surface area contributed by atoms with Gasteiger partial charge in [0.2, 0.25) is 11.6 Å². The molecule has 7 nitrogen and oxygen atoms in total. The normalized spacial score (nSPS) is 10.2. The first-order chi connectivity index (χ1) is 10.0. The van der Waals surface area contributed by atoms with Gasteiger partial charge in [-0.2, -0.15) is 0 Å². The molecule has 21 heavy (non-hydrogen) atoms. The maximum Gasteiger partial charge on any atom is 0.353 e. The molecule has 0 saturated heterocycles. The van der Waals surface area contributed by atoms with Crippen molar-refractivity contribution in [3.05, 3.63) is 44.7 Å². The van der Waals surface area contributed by atoms with E-state index in [0.717, 1.165) is 15.7 Å². The van der Waals surface area contributed by atoms with Crippen LogP contribution in [0.3, 0.4) is 0 Å². The first-order valence-electron chi connectivity index (χ1n) is 6.29. The monoisotopic (exact) mass is 351 g/mol. The van der Waals surface area contributed by atoms with E-state index < -0.39 is 4.92 Å². The van der Waals surface area contributed by atoms with Gasteiger partial charge in [-0.1, -0.05) is 15.9 Å². The van der Waals surface area contributed by atoms with Crippen LogP contribution in [0.2, 0.25) is 0 Å². The van der Waals surface area contributed by atoms with Gasteiger partial charge in [-0.05, 0) is 37.6 Å². The number of nitro groups is 1. The zero-order chi connectivity index (χ0) is 15.4. The molecule has 0 aliphatic carbocycles. The smallest absolute Gasteiger partial charge is 0.353 e. The van der Waals surface area contributed by atoms with Gasteiger partial charge in [0, 0.05) is 16.7 Å². The number of halogens is 1. The molecule has 0 saturated carbocycles. The summed E-state index contributed by atoms with van der Waals surface area (Å²) < 4.78 is 0.971. The number of aromatic nitrogens is 2. The predicted octanol–water partition coefficient (Wildman–Crippen LogP) is 3.63. The van der Waals surface area contributed by atoms with Crippen LogP contribution in [0, 0.1) is 17.0 Å². The van der Waals surface area contributed by atoms with Gasteiger partial charge in [-0.25, -0.2) is 9.97 Å². The lowest BCUT2D eigenvalue weighted by Gasteiger charge is -2.10.